The van der Waals surface area contributed by atoms with Gasteiger partial charge < -0.3 is 19.6 Å². The van der Waals surface area contributed by atoms with Gasteiger partial charge in [-0.15, -0.1) is 0 Å². The van der Waals surface area contributed by atoms with Crippen LogP contribution in [0.3, 0.4) is 0 Å². The topological polar surface area (TPSA) is 92.4 Å². The number of rotatable bonds is 5. The van der Waals surface area contributed by atoms with E-state index in [1.54, 1.807) is 6.33 Å². The zero-order valence-corrected chi connectivity index (χ0v) is 14.6. The number of anilines is 2. The predicted molar refractivity (Wildman–Crippen MR) is 97.8 cm³/mol. The minimum Gasteiger partial charge on any atom is -0.395 e. The molecule has 1 aliphatic rings. The van der Waals surface area contributed by atoms with Crippen LogP contribution in [0.5, 0.6) is 0 Å². The molecule has 1 N–H and O–H groups in total. The van der Waals surface area contributed by atoms with Crippen LogP contribution in [-0.2, 0) is 4.74 Å². The maximum absolute atomic E-state index is 9.26. The molecule has 3 aromatic rings. The largest absolute Gasteiger partial charge is 0.395 e. The maximum atomic E-state index is 9.26. The van der Waals surface area contributed by atoms with Crippen LogP contribution >= 0.6 is 0 Å². The van der Waals surface area contributed by atoms with Crippen LogP contribution < -0.4 is 9.80 Å². The van der Waals surface area contributed by atoms with Gasteiger partial charge in [0.2, 0.25) is 17.8 Å². The van der Waals surface area contributed by atoms with Crippen LogP contribution in [0.4, 0.5) is 11.9 Å². The molecule has 0 saturated carbocycles. The Kier molecular flexibility index (Phi) is 4.63. The molecule has 0 spiro atoms. The van der Waals surface area contributed by atoms with Crippen molar-refractivity contribution in [1.29, 1.82) is 0 Å². The molecule has 1 fully saturated rings. The predicted octanol–water partition coefficient (Wildman–Crippen LogP) is 0.476. The van der Waals surface area contributed by atoms with Gasteiger partial charge in [0.15, 0.2) is 0 Å². The SMILES string of the molecule is CN(CCO)c1nc(N2CCOCC2)nc(-n2cnc3ccccc32)n1. The summed E-state index contributed by atoms with van der Waals surface area (Å²) in [5.74, 6) is 1.63. The summed E-state index contributed by atoms with van der Waals surface area (Å²) >= 11 is 0. The second kappa shape index (κ2) is 7.22. The van der Waals surface area contributed by atoms with Crippen molar-refractivity contribution in [2.45, 2.75) is 0 Å². The maximum Gasteiger partial charge on any atom is 0.242 e. The van der Waals surface area contributed by atoms with E-state index in [1.165, 1.54) is 0 Å². The van der Waals surface area contributed by atoms with Crippen molar-refractivity contribution < 1.29 is 9.84 Å². The van der Waals surface area contributed by atoms with E-state index < -0.39 is 0 Å². The number of fused-ring (bicyclic) bond motifs is 1. The molecule has 9 heteroatoms. The van der Waals surface area contributed by atoms with Gasteiger partial charge >= 0.3 is 0 Å². The molecule has 0 amide bonds. The van der Waals surface area contributed by atoms with Gasteiger partial charge in [0.05, 0.1) is 30.9 Å². The summed E-state index contributed by atoms with van der Waals surface area (Å²) < 4.78 is 7.28. The number of aliphatic hydroxyl groups is 1. The zero-order chi connectivity index (χ0) is 17.9. The average Bonchev–Trinajstić information content (AvgIpc) is 3.13. The van der Waals surface area contributed by atoms with Gasteiger partial charge in [0.25, 0.3) is 0 Å². The molecule has 1 aromatic carbocycles. The fraction of sp³-hybridized carbons (Fsp3) is 0.412. The van der Waals surface area contributed by atoms with Crippen LogP contribution in [0.1, 0.15) is 0 Å². The molecule has 3 heterocycles. The highest BCUT2D eigenvalue weighted by molar-refractivity contribution is 5.76. The molecule has 9 nitrogen and oxygen atoms in total. The number of imidazole rings is 1. The van der Waals surface area contributed by atoms with Crippen LogP contribution in [0, 0.1) is 0 Å². The van der Waals surface area contributed by atoms with Crippen LogP contribution in [-0.4, -0.2) is 76.1 Å². The van der Waals surface area contributed by atoms with Gasteiger partial charge in [-0.2, -0.15) is 15.0 Å². The molecule has 26 heavy (non-hydrogen) atoms. The summed E-state index contributed by atoms with van der Waals surface area (Å²) in [5.41, 5.74) is 1.81. The van der Waals surface area contributed by atoms with Crippen LogP contribution in [0.15, 0.2) is 30.6 Å². The summed E-state index contributed by atoms with van der Waals surface area (Å²) in [6.07, 6.45) is 1.72. The van der Waals surface area contributed by atoms with E-state index in [2.05, 4.69) is 24.8 Å². The van der Waals surface area contributed by atoms with Crippen molar-refractivity contribution in [2.75, 3.05) is 56.3 Å². The normalized spacial score (nSPS) is 14.8. The highest BCUT2D eigenvalue weighted by atomic mass is 16.5. The fourth-order valence-electron chi connectivity index (χ4n) is 2.90. The lowest BCUT2D eigenvalue weighted by Gasteiger charge is -2.28. The Morgan fingerprint density at radius 3 is 2.69 bits per heavy atom. The fourth-order valence-corrected chi connectivity index (χ4v) is 2.90. The van der Waals surface area contributed by atoms with Crippen molar-refractivity contribution in [2.24, 2.45) is 0 Å². The Morgan fingerprint density at radius 2 is 1.88 bits per heavy atom. The number of ether oxygens (including phenoxy) is 1. The van der Waals surface area contributed by atoms with E-state index in [0.29, 0.717) is 37.6 Å². The molecule has 1 saturated heterocycles. The Morgan fingerprint density at radius 1 is 1.12 bits per heavy atom. The molecule has 136 valence electrons. The smallest absolute Gasteiger partial charge is 0.242 e. The lowest BCUT2D eigenvalue weighted by Crippen LogP contribution is -2.38. The van der Waals surface area contributed by atoms with Gasteiger partial charge in [-0.1, -0.05) is 12.1 Å². The zero-order valence-electron chi connectivity index (χ0n) is 14.6. The minimum atomic E-state index is 0.0262. The lowest BCUT2D eigenvalue weighted by molar-refractivity contribution is 0.122. The number of likely N-dealkylation sites (N-methyl/N-ethyl adjacent to an activating group) is 1. The van der Waals surface area contributed by atoms with Crippen molar-refractivity contribution >= 4 is 22.9 Å². The molecule has 1 aliphatic heterocycles. The van der Waals surface area contributed by atoms with Gasteiger partial charge in [-0.05, 0) is 12.1 Å². The Balaban J connectivity index is 1.80. The number of hydrogen-bond acceptors (Lipinski definition) is 8. The molecule has 0 unspecified atom stereocenters. The highest BCUT2D eigenvalue weighted by Crippen LogP contribution is 2.20. The van der Waals surface area contributed by atoms with Gasteiger partial charge in [0, 0.05) is 26.7 Å². The van der Waals surface area contributed by atoms with E-state index in [-0.39, 0.29) is 6.61 Å². The summed E-state index contributed by atoms with van der Waals surface area (Å²) in [5, 5.41) is 9.26. The average molecular weight is 355 g/mol. The monoisotopic (exact) mass is 355 g/mol. The number of nitrogens with zero attached hydrogens (tertiary/aromatic N) is 7. The number of benzene rings is 1. The molecule has 0 bridgehead atoms. The van der Waals surface area contributed by atoms with Crippen LogP contribution in [0.25, 0.3) is 17.0 Å². The van der Waals surface area contributed by atoms with E-state index in [9.17, 15) is 5.11 Å². The number of hydrogen-bond donors (Lipinski definition) is 1. The van der Waals surface area contributed by atoms with E-state index >= 15 is 0 Å². The Bertz CT molecular complexity index is 892. The van der Waals surface area contributed by atoms with Gasteiger partial charge in [-0.25, -0.2) is 4.98 Å². The standard InChI is InChI=1S/C17H21N7O2/c1-22(6-9-25)15-19-16(23-7-10-26-11-8-23)21-17(20-15)24-12-18-13-4-2-3-5-14(13)24/h2-5,12,25H,6-11H2,1H3. The molecule has 0 radical (unpaired) electrons. The third-order valence-corrected chi connectivity index (χ3v) is 4.34. The third kappa shape index (κ3) is 3.18. The summed E-state index contributed by atoms with van der Waals surface area (Å²) in [4.78, 5) is 22.2. The first-order valence-electron chi connectivity index (χ1n) is 8.59. The first-order valence-corrected chi connectivity index (χ1v) is 8.59. The third-order valence-electron chi connectivity index (χ3n) is 4.34. The van der Waals surface area contributed by atoms with Crippen molar-refractivity contribution in [1.82, 2.24) is 24.5 Å². The minimum absolute atomic E-state index is 0.0262. The van der Waals surface area contributed by atoms with Crippen molar-refractivity contribution in [3.8, 4) is 5.95 Å². The van der Waals surface area contributed by atoms with E-state index in [4.69, 9.17) is 4.74 Å². The van der Waals surface area contributed by atoms with Crippen LogP contribution in [0.2, 0.25) is 0 Å². The van der Waals surface area contributed by atoms with E-state index in [0.717, 1.165) is 24.1 Å². The molecule has 0 aliphatic carbocycles. The number of aliphatic hydroxyl groups excluding tert-OH is 1. The van der Waals surface area contributed by atoms with Crippen molar-refractivity contribution in [3.63, 3.8) is 0 Å². The van der Waals surface area contributed by atoms with Crippen molar-refractivity contribution in [3.05, 3.63) is 30.6 Å². The molecular weight excluding hydrogens is 334 g/mol. The van der Waals surface area contributed by atoms with Gasteiger partial charge in [-0.3, -0.25) is 4.57 Å². The molecule has 2 aromatic heterocycles. The number of aromatic nitrogens is 5. The van der Waals surface area contributed by atoms with E-state index in [1.807, 2.05) is 40.8 Å². The molecular formula is C17H21N7O2. The number of para-hydroxylation sites is 2. The molecule has 0 atom stereocenters. The second-order valence-electron chi connectivity index (χ2n) is 6.08. The summed E-state index contributed by atoms with van der Waals surface area (Å²) in [7, 11) is 1.85. The quantitative estimate of drug-likeness (QED) is 0.706. The van der Waals surface area contributed by atoms with Gasteiger partial charge in [0.1, 0.15) is 6.33 Å². The Hall–Kier alpha value is -2.78. The second-order valence-corrected chi connectivity index (χ2v) is 6.08. The lowest BCUT2D eigenvalue weighted by atomic mass is 10.3. The highest BCUT2D eigenvalue weighted by Gasteiger charge is 2.19. The first kappa shape index (κ1) is 16.7. The number of morpholine rings is 1. The molecule has 4 rings (SSSR count). The summed E-state index contributed by atoms with van der Waals surface area (Å²) in [6.45, 7) is 3.23. The Labute approximate surface area is 150 Å². The summed E-state index contributed by atoms with van der Waals surface area (Å²) in [6, 6.07) is 7.85. The first-order chi connectivity index (χ1) is 12.8.